The second-order valence-corrected chi connectivity index (χ2v) is 9.24. The highest BCUT2D eigenvalue weighted by Crippen LogP contribution is 2.36. The number of likely N-dealkylation sites (tertiary alicyclic amines) is 1. The van der Waals surface area contributed by atoms with E-state index in [2.05, 4.69) is 9.88 Å². The Morgan fingerprint density at radius 1 is 1.06 bits per heavy atom. The first kappa shape index (κ1) is 21.9. The molecule has 2 aliphatic rings. The standard InChI is InChI=1S/C25H26FN3O3S/c1-31-22-16-19(8-9-21(22)32-15-14-28-11-2-3-12-28)29-13-10-20-23(25(29)30)33-24(27-20)17-4-6-18(26)7-5-17/h4-9,16H,2-3,10-15H2,1H3. The molecule has 1 fully saturated rings. The monoisotopic (exact) mass is 467 g/mol. The van der Waals surface area contributed by atoms with E-state index < -0.39 is 0 Å². The number of thiazole rings is 1. The number of halogens is 1. The number of rotatable bonds is 7. The topological polar surface area (TPSA) is 54.9 Å². The van der Waals surface area contributed by atoms with Gasteiger partial charge in [-0.05, 0) is 62.3 Å². The summed E-state index contributed by atoms with van der Waals surface area (Å²) in [6.07, 6.45) is 3.18. The van der Waals surface area contributed by atoms with Crippen molar-refractivity contribution in [2.45, 2.75) is 19.3 Å². The molecule has 6 nitrogen and oxygen atoms in total. The molecule has 1 amide bonds. The molecule has 0 bridgehead atoms. The van der Waals surface area contributed by atoms with Crippen LogP contribution in [0.1, 0.15) is 28.2 Å². The Morgan fingerprint density at radius 3 is 2.61 bits per heavy atom. The number of hydrogen-bond acceptors (Lipinski definition) is 6. The second-order valence-electron chi connectivity index (χ2n) is 8.24. The Labute approximate surface area is 196 Å². The van der Waals surface area contributed by atoms with Crippen molar-refractivity contribution in [2.24, 2.45) is 0 Å². The van der Waals surface area contributed by atoms with E-state index >= 15 is 0 Å². The number of fused-ring (bicyclic) bond motifs is 1. The minimum absolute atomic E-state index is 0.0770. The number of ether oxygens (including phenoxy) is 2. The van der Waals surface area contributed by atoms with Crippen molar-refractivity contribution in [1.29, 1.82) is 0 Å². The van der Waals surface area contributed by atoms with E-state index in [0.29, 0.717) is 35.9 Å². The number of nitrogens with zero attached hydrogens (tertiary/aromatic N) is 3. The lowest BCUT2D eigenvalue weighted by Gasteiger charge is -2.26. The van der Waals surface area contributed by atoms with Gasteiger partial charge in [0.05, 0.1) is 12.8 Å². The third kappa shape index (κ3) is 4.58. The molecule has 5 rings (SSSR count). The lowest BCUT2D eigenvalue weighted by Crippen LogP contribution is -2.36. The minimum atomic E-state index is -0.292. The van der Waals surface area contributed by atoms with Gasteiger partial charge in [-0.15, -0.1) is 11.3 Å². The van der Waals surface area contributed by atoms with E-state index in [1.807, 2.05) is 18.2 Å². The number of amides is 1. The fourth-order valence-electron chi connectivity index (χ4n) is 4.33. The fraction of sp³-hybridized carbons (Fsp3) is 0.360. The molecule has 0 radical (unpaired) electrons. The molecule has 0 saturated carbocycles. The first-order valence-electron chi connectivity index (χ1n) is 11.2. The van der Waals surface area contributed by atoms with E-state index in [1.165, 1.54) is 36.3 Å². The number of aromatic nitrogens is 1. The number of carbonyl (C=O) groups is 1. The predicted molar refractivity (Wildman–Crippen MR) is 127 cm³/mol. The van der Waals surface area contributed by atoms with Gasteiger partial charge in [0.25, 0.3) is 5.91 Å². The van der Waals surface area contributed by atoms with Crippen LogP contribution in [0.2, 0.25) is 0 Å². The van der Waals surface area contributed by atoms with Crippen LogP contribution >= 0.6 is 11.3 Å². The largest absolute Gasteiger partial charge is 0.493 e. The van der Waals surface area contributed by atoms with Gasteiger partial charge in [0.15, 0.2) is 11.5 Å². The minimum Gasteiger partial charge on any atom is -0.493 e. The maximum atomic E-state index is 13.3. The Kier molecular flexibility index (Phi) is 6.28. The summed E-state index contributed by atoms with van der Waals surface area (Å²) in [5.74, 6) is 0.928. The zero-order valence-corrected chi connectivity index (χ0v) is 19.4. The van der Waals surface area contributed by atoms with Crippen molar-refractivity contribution in [3.8, 4) is 22.1 Å². The van der Waals surface area contributed by atoms with Crippen LogP contribution in [0.15, 0.2) is 42.5 Å². The summed E-state index contributed by atoms with van der Waals surface area (Å²) < 4.78 is 24.8. The summed E-state index contributed by atoms with van der Waals surface area (Å²) in [5, 5.41) is 0.731. The molecule has 0 atom stereocenters. The molecule has 33 heavy (non-hydrogen) atoms. The highest BCUT2D eigenvalue weighted by atomic mass is 32.1. The fourth-order valence-corrected chi connectivity index (χ4v) is 5.39. The summed E-state index contributed by atoms with van der Waals surface area (Å²) in [6.45, 7) is 4.32. The highest BCUT2D eigenvalue weighted by molar-refractivity contribution is 7.17. The van der Waals surface area contributed by atoms with Gasteiger partial charge in [-0.25, -0.2) is 9.37 Å². The van der Waals surface area contributed by atoms with Crippen molar-refractivity contribution < 1.29 is 18.7 Å². The number of anilines is 1. The molecule has 8 heteroatoms. The van der Waals surface area contributed by atoms with Crippen molar-refractivity contribution >= 4 is 22.9 Å². The van der Waals surface area contributed by atoms with Crippen molar-refractivity contribution in [2.75, 3.05) is 44.8 Å². The molecule has 0 unspecified atom stereocenters. The summed E-state index contributed by atoms with van der Waals surface area (Å²) in [7, 11) is 1.61. The Balaban J connectivity index is 1.31. The van der Waals surface area contributed by atoms with Gasteiger partial charge in [0.1, 0.15) is 22.3 Å². The lowest BCUT2D eigenvalue weighted by atomic mass is 10.1. The summed E-state index contributed by atoms with van der Waals surface area (Å²) in [5.41, 5.74) is 2.38. The second kappa shape index (κ2) is 9.49. The van der Waals surface area contributed by atoms with Crippen molar-refractivity contribution in [3.05, 3.63) is 58.9 Å². The van der Waals surface area contributed by atoms with E-state index in [4.69, 9.17) is 9.47 Å². The molecule has 3 aromatic rings. The smallest absolute Gasteiger partial charge is 0.270 e. The van der Waals surface area contributed by atoms with Crippen LogP contribution in [-0.4, -0.2) is 55.7 Å². The number of methoxy groups -OCH3 is 1. The Morgan fingerprint density at radius 2 is 1.85 bits per heavy atom. The molecular formula is C25H26FN3O3S. The molecule has 2 aliphatic heterocycles. The van der Waals surface area contributed by atoms with Gasteiger partial charge >= 0.3 is 0 Å². The van der Waals surface area contributed by atoms with Crippen LogP contribution in [0.5, 0.6) is 11.5 Å². The van der Waals surface area contributed by atoms with E-state index in [-0.39, 0.29) is 11.7 Å². The first-order valence-corrected chi connectivity index (χ1v) is 12.0. The maximum absolute atomic E-state index is 13.3. The molecule has 1 saturated heterocycles. The zero-order chi connectivity index (χ0) is 22.8. The number of carbonyl (C=O) groups excluding carboxylic acids is 1. The van der Waals surface area contributed by atoms with E-state index in [9.17, 15) is 9.18 Å². The Hall–Kier alpha value is -2.97. The summed E-state index contributed by atoms with van der Waals surface area (Å²) in [6, 6.07) is 11.8. The van der Waals surface area contributed by atoms with E-state index in [0.717, 1.165) is 41.6 Å². The average Bonchev–Trinajstić information content (AvgIpc) is 3.51. The predicted octanol–water partition coefficient (Wildman–Crippen LogP) is 4.64. The molecule has 0 spiro atoms. The van der Waals surface area contributed by atoms with Crippen LogP contribution in [-0.2, 0) is 6.42 Å². The Bertz CT molecular complexity index is 1140. The third-order valence-corrected chi connectivity index (χ3v) is 7.26. The third-order valence-electron chi connectivity index (χ3n) is 6.12. The van der Waals surface area contributed by atoms with Gasteiger partial charge in [-0.2, -0.15) is 0 Å². The molecule has 172 valence electrons. The molecule has 1 aromatic heterocycles. The van der Waals surface area contributed by atoms with E-state index in [1.54, 1.807) is 24.1 Å². The van der Waals surface area contributed by atoms with Gasteiger partial charge < -0.3 is 14.4 Å². The normalized spacial score (nSPS) is 16.2. The van der Waals surface area contributed by atoms with Crippen molar-refractivity contribution in [1.82, 2.24) is 9.88 Å². The van der Waals surface area contributed by atoms with Crippen LogP contribution in [0.4, 0.5) is 10.1 Å². The molecule has 2 aromatic carbocycles. The molecule has 0 aliphatic carbocycles. The number of hydrogen-bond donors (Lipinski definition) is 0. The SMILES string of the molecule is COc1cc(N2CCc3nc(-c4ccc(F)cc4)sc3C2=O)ccc1OCCN1CCCC1. The van der Waals surface area contributed by atoms with Gasteiger partial charge in [-0.1, -0.05) is 0 Å². The molecular weight excluding hydrogens is 441 g/mol. The van der Waals surface area contributed by atoms with Gasteiger partial charge in [0, 0.05) is 36.8 Å². The first-order chi connectivity index (χ1) is 16.1. The quantitative estimate of drug-likeness (QED) is 0.507. The van der Waals surface area contributed by atoms with Crippen LogP contribution in [0, 0.1) is 5.82 Å². The molecule has 0 N–H and O–H groups in total. The summed E-state index contributed by atoms with van der Waals surface area (Å²) >= 11 is 1.35. The van der Waals surface area contributed by atoms with Gasteiger partial charge in [-0.3, -0.25) is 9.69 Å². The van der Waals surface area contributed by atoms with Gasteiger partial charge in [0.2, 0.25) is 0 Å². The average molecular weight is 468 g/mol. The summed E-state index contributed by atoms with van der Waals surface area (Å²) in [4.78, 5) is 22.7. The zero-order valence-electron chi connectivity index (χ0n) is 18.6. The highest BCUT2D eigenvalue weighted by Gasteiger charge is 2.30. The maximum Gasteiger partial charge on any atom is 0.270 e. The molecule has 3 heterocycles. The lowest BCUT2D eigenvalue weighted by molar-refractivity contribution is 0.0984. The van der Waals surface area contributed by atoms with Crippen LogP contribution in [0.3, 0.4) is 0 Å². The number of benzene rings is 2. The van der Waals surface area contributed by atoms with Crippen LogP contribution in [0.25, 0.3) is 10.6 Å². The van der Waals surface area contributed by atoms with Crippen molar-refractivity contribution in [3.63, 3.8) is 0 Å². The van der Waals surface area contributed by atoms with Crippen LogP contribution < -0.4 is 14.4 Å².